The molecule has 3 aliphatic rings. The number of likely N-dealkylation sites (tertiary alicyclic amines) is 1. The smallest absolute Gasteiger partial charge is 0.223 e. The van der Waals surface area contributed by atoms with Crippen molar-refractivity contribution in [2.24, 2.45) is 11.3 Å². The van der Waals surface area contributed by atoms with Crippen molar-refractivity contribution in [2.75, 3.05) is 6.54 Å². The average molecular weight is 285 g/mol. The van der Waals surface area contributed by atoms with E-state index >= 15 is 0 Å². The van der Waals surface area contributed by atoms with E-state index < -0.39 is 0 Å². The van der Waals surface area contributed by atoms with Gasteiger partial charge in [0.1, 0.15) is 5.75 Å². The summed E-state index contributed by atoms with van der Waals surface area (Å²) in [4.78, 5) is 14.7. The minimum absolute atomic E-state index is 0.285. The van der Waals surface area contributed by atoms with Gasteiger partial charge in [0.15, 0.2) is 0 Å². The Labute approximate surface area is 126 Å². The van der Waals surface area contributed by atoms with E-state index in [1.165, 1.54) is 32.1 Å². The van der Waals surface area contributed by atoms with E-state index in [0.717, 1.165) is 18.0 Å². The molecule has 0 aromatic heterocycles. The summed E-state index contributed by atoms with van der Waals surface area (Å²) in [6.07, 6.45) is 7.81. The van der Waals surface area contributed by atoms with Crippen LogP contribution in [0.4, 0.5) is 0 Å². The molecule has 21 heavy (non-hydrogen) atoms. The molecule has 3 fully saturated rings. The van der Waals surface area contributed by atoms with Crippen LogP contribution in [0.2, 0.25) is 0 Å². The second kappa shape index (κ2) is 4.75. The van der Waals surface area contributed by atoms with Crippen molar-refractivity contribution in [2.45, 2.75) is 51.0 Å². The van der Waals surface area contributed by atoms with E-state index in [0.29, 0.717) is 30.0 Å². The standard InChI is InChI=1S/C18H23NO2/c20-15-5-2-1-4-13(15)8-9-16(21)19-12-18(10-3-11-18)17(19)14-6-7-14/h1-2,4-5,14,17,20H,3,6-12H2. The number of carbonyl (C=O) groups excluding carboxylic acids is 1. The van der Waals surface area contributed by atoms with Crippen LogP contribution >= 0.6 is 0 Å². The molecule has 1 atom stereocenters. The van der Waals surface area contributed by atoms with Crippen LogP contribution in [0.25, 0.3) is 0 Å². The van der Waals surface area contributed by atoms with Crippen LogP contribution in [0, 0.1) is 11.3 Å². The van der Waals surface area contributed by atoms with Gasteiger partial charge in [-0.2, -0.15) is 0 Å². The number of carbonyl (C=O) groups is 1. The van der Waals surface area contributed by atoms with E-state index in [9.17, 15) is 9.90 Å². The normalized spacial score (nSPS) is 26.3. The van der Waals surface area contributed by atoms with E-state index in [4.69, 9.17) is 0 Å². The summed E-state index contributed by atoms with van der Waals surface area (Å²) >= 11 is 0. The van der Waals surface area contributed by atoms with Crippen LogP contribution in [-0.4, -0.2) is 28.5 Å². The lowest BCUT2D eigenvalue weighted by molar-refractivity contribution is -0.171. The zero-order chi connectivity index (χ0) is 14.4. The molecule has 112 valence electrons. The topological polar surface area (TPSA) is 40.5 Å². The quantitative estimate of drug-likeness (QED) is 0.923. The Morgan fingerprint density at radius 3 is 2.67 bits per heavy atom. The Morgan fingerprint density at radius 1 is 1.29 bits per heavy atom. The number of hydrogen-bond donors (Lipinski definition) is 1. The molecular weight excluding hydrogens is 262 g/mol. The van der Waals surface area contributed by atoms with Gasteiger partial charge in [0, 0.05) is 24.4 Å². The Hall–Kier alpha value is -1.51. The molecule has 2 saturated carbocycles. The summed E-state index contributed by atoms with van der Waals surface area (Å²) in [7, 11) is 0. The minimum atomic E-state index is 0.285. The fourth-order valence-corrected chi connectivity index (χ4v) is 4.35. The van der Waals surface area contributed by atoms with E-state index in [1.807, 2.05) is 18.2 Å². The summed E-state index contributed by atoms with van der Waals surface area (Å²) in [6, 6.07) is 7.88. The summed E-state index contributed by atoms with van der Waals surface area (Å²) < 4.78 is 0. The van der Waals surface area contributed by atoms with Gasteiger partial charge in [-0.15, -0.1) is 0 Å². The number of phenolic OH excluding ortho intramolecular Hbond substituents is 1. The molecule has 4 rings (SSSR count). The SMILES string of the molecule is O=C(CCc1ccccc1O)N1CC2(CCC2)C1C1CC1. The molecule has 1 heterocycles. The first-order valence-electron chi connectivity index (χ1n) is 8.26. The minimum Gasteiger partial charge on any atom is -0.508 e. The van der Waals surface area contributed by atoms with Gasteiger partial charge < -0.3 is 10.0 Å². The first-order chi connectivity index (χ1) is 10.2. The molecule has 0 radical (unpaired) electrons. The Kier molecular flexibility index (Phi) is 2.98. The van der Waals surface area contributed by atoms with Crippen LogP contribution in [0.15, 0.2) is 24.3 Å². The number of aromatic hydroxyl groups is 1. The van der Waals surface area contributed by atoms with Crippen LogP contribution in [-0.2, 0) is 11.2 Å². The van der Waals surface area contributed by atoms with Gasteiger partial charge in [-0.05, 0) is 49.7 Å². The van der Waals surface area contributed by atoms with Crippen LogP contribution in [0.5, 0.6) is 5.75 Å². The van der Waals surface area contributed by atoms with Gasteiger partial charge in [0.05, 0.1) is 0 Å². The van der Waals surface area contributed by atoms with Gasteiger partial charge in [-0.1, -0.05) is 24.6 Å². The first kappa shape index (κ1) is 13.2. The molecule has 1 saturated heterocycles. The number of benzene rings is 1. The van der Waals surface area contributed by atoms with Crippen molar-refractivity contribution >= 4 is 5.91 Å². The number of nitrogens with zero attached hydrogens (tertiary/aromatic N) is 1. The molecule has 1 aromatic rings. The van der Waals surface area contributed by atoms with Crippen molar-refractivity contribution in [1.82, 2.24) is 4.90 Å². The predicted octanol–water partition coefficient (Wildman–Crippen LogP) is 3.12. The molecule has 2 aliphatic carbocycles. The molecular formula is C18H23NO2. The predicted molar refractivity (Wildman–Crippen MR) is 80.9 cm³/mol. The second-order valence-corrected chi connectivity index (χ2v) is 7.15. The number of hydrogen-bond acceptors (Lipinski definition) is 2. The molecule has 3 nitrogen and oxygen atoms in total. The summed E-state index contributed by atoms with van der Waals surface area (Å²) in [5, 5.41) is 9.79. The summed E-state index contributed by atoms with van der Waals surface area (Å²) in [5.41, 5.74) is 1.39. The highest BCUT2D eigenvalue weighted by molar-refractivity contribution is 5.78. The monoisotopic (exact) mass is 285 g/mol. The number of phenols is 1. The van der Waals surface area contributed by atoms with Crippen molar-refractivity contribution in [3.63, 3.8) is 0 Å². The Bertz CT molecular complexity index is 560. The van der Waals surface area contributed by atoms with Crippen molar-refractivity contribution < 1.29 is 9.90 Å². The van der Waals surface area contributed by atoms with Crippen molar-refractivity contribution in [1.29, 1.82) is 0 Å². The third kappa shape index (κ3) is 2.14. The van der Waals surface area contributed by atoms with E-state index in [2.05, 4.69) is 4.90 Å². The Balaban J connectivity index is 1.38. The molecule has 1 spiro atoms. The summed E-state index contributed by atoms with van der Waals surface area (Å²) in [6.45, 7) is 0.994. The number of aryl methyl sites for hydroxylation is 1. The van der Waals surface area contributed by atoms with Crippen molar-refractivity contribution in [3.8, 4) is 5.75 Å². The lowest BCUT2D eigenvalue weighted by Gasteiger charge is -2.63. The highest BCUT2D eigenvalue weighted by Crippen LogP contribution is 2.59. The molecule has 1 aliphatic heterocycles. The third-order valence-corrected chi connectivity index (χ3v) is 5.79. The fraction of sp³-hybridized carbons (Fsp3) is 0.611. The number of para-hydroxylation sites is 1. The summed E-state index contributed by atoms with van der Waals surface area (Å²) in [5.74, 6) is 1.38. The lowest BCUT2D eigenvalue weighted by Crippen LogP contribution is -2.69. The molecule has 1 N–H and O–H groups in total. The van der Waals surface area contributed by atoms with Gasteiger partial charge in [0.25, 0.3) is 0 Å². The van der Waals surface area contributed by atoms with Crippen LogP contribution < -0.4 is 0 Å². The van der Waals surface area contributed by atoms with E-state index in [-0.39, 0.29) is 5.91 Å². The van der Waals surface area contributed by atoms with Gasteiger partial charge in [-0.25, -0.2) is 0 Å². The average Bonchev–Trinajstić information content (AvgIpc) is 3.19. The second-order valence-electron chi connectivity index (χ2n) is 7.15. The highest BCUT2D eigenvalue weighted by atomic mass is 16.3. The Morgan fingerprint density at radius 2 is 2.05 bits per heavy atom. The lowest BCUT2D eigenvalue weighted by atomic mass is 9.56. The fourth-order valence-electron chi connectivity index (χ4n) is 4.35. The maximum absolute atomic E-state index is 12.5. The molecule has 3 heteroatoms. The molecule has 1 amide bonds. The van der Waals surface area contributed by atoms with Crippen molar-refractivity contribution in [3.05, 3.63) is 29.8 Å². The molecule has 1 aromatic carbocycles. The van der Waals surface area contributed by atoms with Gasteiger partial charge in [0.2, 0.25) is 5.91 Å². The van der Waals surface area contributed by atoms with Crippen LogP contribution in [0.3, 0.4) is 0 Å². The zero-order valence-corrected chi connectivity index (χ0v) is 12.4. The third-order valence-electron chi connectivity index (χ3n) is 5.79. The molecule has 1 unspecified atom stereocenters. The highest BCUT2D eigenvalue weighted by Gasteiger charge is 2.61. The van der Waals surface area contributed by atoms with Gasteiger partial charge >= 0.3 is 0 Å². The largest absolute Gasteiger partial charge is 0.508 e. The maximum Gasteiger partial charge on any atom is 0.223 e. The van der Waals surface area contributed by atoms with Crippen LogP contribution in [0.1, 0.15) is 44.1 Å². The maximum atomic E-state index is 12.5. The van der Waals surface area contributed by atoms with E-state index in [1.54, 1.807) is 6.07 Å². The first-order valence-corrected chi connectivity index (χ1v) is 8.26. The molecule has 0 bridgehead atoms. The van der Waals surface area contributed by atoms with Gasteiger partial charge in [-0.3, -0.25) is 4.79 Å². The number of amides is 1. The number of rotatable bonds is 4. The zero-order valence-electron chi connectivity index (χ0n) is 12.4.